The van der Waals surface area contributed by atoms with Crippen LogP contribution in [0.2, 0.25) is 0 Å². The van der Waals surface area contributed by atoms with Gasteiger partial charge >= 0.3 is 6.09 Å². The predicted molar refractivity (Wildman–Crippen MR) is 331 cm³/mol. The number of aromatic nitrogens is 4. The minimum absolute atomic E-state index is 0.0761. The summed E-state index contributed by atoms with van der Waals surface area (Å²) in [6.45, 7) is 2.16. The highest BCUT2D eigenvalue weighted by molar-refractivity contribution is 6.27. The first-order valence-electron chi connectivity index (χ1n) is 29.7. The molecule has 0 aliphatic carbocycles. The Morgan fingerprint density at radius 2 is 1.13 bits per heavy atom. The van der Waals surface area contributed by atoms with Crippen LogP contribution in [-0.2, 0) is 41.7 Å². The summed E-state index contributed by atoms with van der Waals surface area (Å²) in [7, 11) is 0. The number of rotatable bonds is 27. The van der Waals surface area contributed by atoms with Gasteiger partial charge in [0.1, 0.15) is 18.7 Å². The smallest absolute Gasteiger partial charge is 0.410 e. The maximum atomic E-state index is 14.2. The zero-order valence-electron chi connectivity index (χ0n) is 49.2. The van der Waals surface area contributed by atoms with Crippen molar-refractivity contribution in [1.82, 2.24) is 54.7 Å². The number of hydrogen-bond acceptors (Lipinski definition) is 14. The number of benzene rings is 6. The molecule has 0 saturated heterocycles. The molecule has 0 fully saturated rings. The molecule has 8 aromatic rings. The van der Waals surface area contributed by atoms with E-state index in [4.69, 9.17) is 4.74 Å². The first-order chi connectivity index (χ1) is 43.7. The van der Waals surface area contributed by atoms with Crippen LogP contribution in [0, 0.1) is 0 Å². The van der Waals surface area contributed by atoms with Crippen LogP contribution in [0.25, 0.3) is 32.9 Å². The van der Waals surface area contributed by atoms with E-state index in [2.05, 4.69) is 31.2 Å². The van der Waals surface area contributed by atoms with E-state index in [1.807, 2.05) is 53.1 Å². The fraction of sp³-hybridized carbons (Fsp3) is 0.254. The minimum Gasteiger partial charge on any atom is -0.445 e. The summed E-state index contributed by atoms with van der Waals surface area (Å²) in [5.41, 5.74) is 4.79. The van der Waals surface area contributed by atoms with Gasteiger partial charge in [-0.2, -0.15) is 0 Å². The highest BCUT2D eigenvalue weighted by atomic mass is 16.6. The number of imide groups is 3. The zero-order chi connectivity index (χ0) is 62.8. The molecule has 2 aromatic heterocycles. The van der Waals surface area contributed by atoms with Gasteiger partial charge in [0.15, 0.2) is 0 Å². The lowest BCUT2D eigenvalue weighted by molar-refractivity contribution is -0.137. The van der Waals surface area contributed by atoms with Gasteiger partial charge in [0.2, 0.25) is 17.7 Å². The van der Waals surface area contributed by atoms with Gasteiger partial charge in [-0.3, -0.25) is 57.9 Å². The molecular formula is C67H64N12O11. The van der Waals surface area contributed by atoms with Crippen molar-refractivity contribution in [1.29, 1.82) is 0 Å². The van der Waals surface area contributed by atoms with E-state index in [0.717, 1.165) is 32.1 Å². The average Bonchev–Trinajstić information content (AvgIpc) is 0.865. The molecule has 3 aliphatic heterocycles. The van der Waals surface area contributed by atoms with E-state index in [9.17, 15) is 47.9 Å². The van der Waals surface area contributed by atoms with Crippen molar-refractivity contribution in [2.75, 3.05) is 51.1 Å². The summed E-state index contributed by atoms with van der Waals surface area (Å²) in [4.78, 5) is 147. The molecule has 0 saturated carbocycles. The van der Waals surface area contributed by atoms with Gasteiger partial charge in [-0.05, 0) is 92.4 Å². The molecule has 90 heavy (non-hydrogen) atoms. The van der Waals surface area contributed by atoms with Crippen molar-refractivity contribution in [3.05, 3.63) is 198 Å². The summed E-state index contributed by atoms with van der Waals surface area (Å²) in [5.74, 6) is -4.03. The highest BCUT2D eigenvalue weighted by Gasteiger charge is 2.36. The van der Waals surface area contributed by atoms with Crippen molar-refractivity contribution >= 4 is 86.5 Å². The van der Waals surface area contributed by atoms with Crippen molar-refractivity contribution < 1.29 is 52.7 Å². The maximum Gasteiger partial charge on any atom is 0.410 e. The molecule has 6 aromatic carbocycles. The Morgan fingerprint density at radius 1 is 0.544 bits per heavy atom. The van der Waals surface area contributed by atoms with Crippen LogP contribution in [0.5, 0.6) is 0 Å². The number of imidazole rings is 2. The van der Waals surface area contributed by atoms with E-state index in [1.165, 1.54) is 28.9 Å². The lowest BCUT2D eigenvalue weighted by Crippen LogP contribution is -2.52. The molecule has 2 atom stereocenters. The van der Waals surface area contributed by atoms with Crippen molar-refractivity contribution in [2.24, 2.45) is 0 Å². The molecule has 23 nitrogen and oxygen atoms in total. The molecule has 458 valence electrons. The molecule has 0 radical (unpaired) electrons. The maximum absolute atomic E-state index is 14.2. The number of amides is 10. The zero-order valence-corrected chi connectivity index (χ0v) is 49.2. The first-order valence-corrected chi connectivity index (χ1v) is 29.7. The second-order valence-electron chi connectivity index (χ2n) is 22.0. The van der Waals surface area contributed by atoms with E-state index < -0.39 is 53.6 Å². The molecule has 4 N–H and O–H groups in total. The molecule has 11 rings (SSSR count). The molecule has 2 unspecified atom stereocenters. The van der Waals surface area contributed by atoms with Gasteiger partial charge in [-0.25, -0.2) is 14.8 Å². The van der Waals surface area contributed by atoms with Gasteiger partial charge in [0, 0.05) is 139 Å². The first kappa shape index (κ1) is 60.7. The Hall–Kier alpha value is -10.9. The largest absolute Gasteiger partial charge is 0.445 e. The number of hydrogen-bond donors (Lipinski definition) is 4. The van der Waals surface area contributed by atoms with E-state index in [0.29, 0.717) is 81.9 Å². The third-order valence-electron chi connectivity index (χ3n) is 16.1. The Labute approximate surface area is 516 Å². The SMILES string of the molecule is CC(NC(=O)CCCCCN1C(=O)C=CC1=O)C(=O)NC(Cc1ccccc1)C(=O)Nc1ccc(COC(=O)N(CCCNCCN2C(=O)c3cccc4c(-n5ccnc5)ccc(c34)C2=O)CCN2C(=O)c3cccc4c(-n5ccnc5)ccc(c34)C2=O)cc1. The molecule has 23 heteroatoms. The van der Waals surface area contributed by atoms with E-state index >= 15 is 0 Å². The molecule has 3 aliphatic rings. The Balaban J connectivity index is 0.707. The minimum atomic E-state index is -1.05. The summed E-state index contributed by atoms with van der Waals surface area (Å²) >= 11 is 0. The van der Waals surface area contributed by atoms with E-state index in [1.54, 1.807) is 109 Å². The lowest BCUT2D eigenvalue weighted by Gasteiger charge is -2.30. The number of ether oxygens (including phenoxy) is 1. The number of nitrogens with one attached hydrogen (secondary N) is 4. The Bertz CT molecular complexity index is 4050. The third kappa shape index (κ3) is 13.3. The number of unbranched alkanes of at least 4 members (excludes halogenated alkanes) is 2. The molecular weight excluding hydrogens is 1150 g/mol. The number of nitrogens with zero attached hydrogens (tertiary/aromatic N) is 8. The van der Waals surface area contributed by atoms with Crippen LogP contribution < -0.4 is 21.3 Å². The molecule has 5 heterocycles. The van der Waals surface area contributed by atoms with Crippen molar-refractivity contribution in [3.63, 3.8) is 0 Å². The fourth-order valence-corrected chi connectivity index (χ4v) is 11.4. The lowest BCUT2D eigenvalue weighted by atomic mass is 9.93. The normalized spacial score (nSPS) is 14.2. The van der Waals surface area contributed by atoms with Crippen molar-refractivity contribution in [2.45, 2.75) is 64.1 Å². The summed E-state index contributed by atoms with van der Waals surface area (Å²) in [6, 6.07) is 31.4. The Kier molecular flexibility index (Phi) is 18.5. The monoisotopic (exact) mass is 1210 g/mol. The van der Waals surface area contributed by atoms with Gasteiger partial charge in [0.05, 0.1) is 24.0 Å². The van der Waals surface area contributed by atoms with Crippen LogP contribution in [-0.4, -0.2) is 156 Å². The highest BCUT2D eigenvalue weighted by Crippen LogP contribution is 2.35. The average molecular weight is 1210 g/mol. The third-order valence-corrected chi connectivity index (χ3v) is 16.1. The fourth-order valence-electron chi connectivity index (χ4n) is 11.4. The van der Waals surface area contributed by atoms with Crippen molar-refractivity contribution in [3.8, 4) is 11.4 Å². The Morgan fingerprint density at radius 3 is 1.72 bits per heavy atom. The van der Waals surface area contributed by atoms with Gasteiger partial charge in [-0.15, -0.1) is 0 Å². The summed E-state index contributed by atoms with van der Waals surface area (Å²) in [5, 5.41) is 14.2. The topological polar surface area (TPSA) is 277 Å². The number of carbonyl (C=O) groups is 10. The molecule has 0 bridgehead atoms. The van der Waals surface area contributed by atoms with Crippen LogP contribution in [0.4, 0.5) is 10.5 Å². The van der Waals surface area contributed by atoms with Crippen LogP contribution in [0.15, 0.2) is 165 Å². The second kappa shape index (κ2) is 27.4. The van der Waals surface area contributed by atoms with Crippen LogP contribution in [0.1, 0.15) is 91.6 Å². The standard InChI is InChI=1S/C67H64N12O11/c1-43(71-56(80)17-6-3-7-33-77-57(81)26-27-58(77)82)61(83)73-53(39-44-11-4-2-5-12-44)62(84)72-46-20-18-45(19-21-46)40-90-67(89)74(37-38-79-64(86)50-16-9-14-48-55(76-35-30-70-42-76)25-23-52(60(48)50)66(79)88)32-10-28-68-31-36-78-63(85)49-15-8-13-47-54(75-34-29-69-41-75)24-22-51(59(47)49)65(78)87/h2,4-5,8-9,11-16,18-27,29-30,34-35,41-43,53,68H,3,6-7,10,17,28,31-33,36-40H2,1H3,(H,71,80)(H,72,84)(H,73,83). The van der Waals surface area contributed by atoms with Crippen LogP contribution in [0.3, 0.4) is 0 Å². The van der Waals surface area contributed by atoms with E-state index in [-0.39, 0.29) is 76.4 Å². The molecule has 0 spiro atoms. The van der Waals surface area contributed by atoms with Gasteiger partial charge in [-0.1, -0.05) is 73.2 Å². The molecule has 10 amide bonds. The second-order valence-corrected chi connectivity index (χ2v) is 22.0. The predicted octanol–water partition coefficient (Wildman–Crippen LogP) is 6.53. The van der Waals surface area contributed by atoms with Crippen LogP contribution >= 0.6 is 0 Å². The summed E-state index contributed by atoms with van der Waals surface area (Å²) in [6.07, 6.45) is 14.1. The van der Waals surface area contributed by atoms with Gasteiger partial charge in [0.25, 0.3) is 35.4 Å². The summed E-state index contributed by atoms with van der Waals surface area (Å²) < 4.78 is 9.50. The quantitative estimate of drug-likeness (QED) is 0.0315. The number of carbonyl (C=O) groups excluding carboxylic acids is 10. The van der Waals surface area contributed by atoms with Gasteiger partial charge < -0.3 is 40.0 Å². The number of anilines is 1.